The van der Waals surface area contributed by atoms with Crippen molar-refractivity contribution < 1.29 is 4.92 Å². The van der Waals surface area contributed by atoms with Crippen LogP contribution in [-0.4, -0.2) is 17.5 Å². The summed E-state index contributed by atoms with van der Waals surface area (Å²) in [7, 11) is 0. The third-order valence-electron chi connectivity index (χ3n) is 3.46. The van der Waals surface area contributed by atoms with Crippen LogP contribution in [0.4, 0.5) is 11.4 Å². The van der Waals surface area contributed by atoms with Crippen molar-refractivity contribution in [1.29, 1.82) is 0 Å². The van der Waals surface area contributed by atoms with Gasteiger partial charge < -0.3 is 4.90 Å². The van der Waals surface area contributed by atoms with E-state index in [1.807, 2.05) is 12.1 Å². The Labute approximate surface area is 101 Å². The van der Waals surface area contributed by atoms with E-state index in [1.165, 1.54) is 12.8 Å². The van der Waals surface area contributed by atoms with E-state index < -0.39 is 0 Å². The maximum Gasteiger partial charge on any atom is 0.269 e. The zero-order valence-corrected chi connectivity index (χ0v) is 10.3. The number of nitro groups is 1. The molecule has 1 atom stereocenters. The van der Waals surface area contributed by atoms with Crippen molar-refractivity contribution in [3.63, 3.8) is 0 Å². The first kappa shape index (κ1) is 11.9. The first-order chi connectivity index (χ1) is 8.09. The van der Waals surface area contributed by atoms with Crippen molar-refractivity contribution in [2.24, 2.45) is 5.92 Å². The van der Waals surface area contributed by atoms with Crippen LogP contribution in [0.3, 0.4) is 0 Å². The molecule has 1 aliphatic rings. The Balaban J connectivity index is 2.19. The van der Waals surface area contributed by atoms with Crippen molar-refractivity contribution in [3.8, 4) is 0 Å². The van der Waals surface area contributed by atoms with E-state index in [0.29, 0.717) is 12.0 Å². The van der Waals surface area contributed by atoms with Gasteiger partial charge in [0.05, 0.1) is 4.92 Å². The molecule has 0 saturated carbocycles. The van der Waals surface area contributed by atoms with Crippen LogP contribution in [0.5, 0.6) is 0 Å². The van der Waals surface area contributed by atoms with Crippen molar-refractivity contribution in [2.75, 3.05) is 11.4 Å². The van der Waals surface area contributed by atoms with Gasteiger partial charge in [0.15, 0.2) is 0 Å². The lowest BCUT2D eigenvalue weighted by molar-refractivity contribution is -0.384. The third-order valence-corrected chi connectivity index (χ3v) is 3.46. The molecular formula is C13H18N2O2. The second kappa shape index (κ2) is 4.73. The molecule has 4 heteroatoms. The average Bonchev–Trinajstić information content (AvgIpc) is 2.78. The average molecular weight is 234 g/mol. The van der Waals surface area contributed by atoms with Crippen LogP contribution in [0.25, 0.3) is 0 Å². The molecule has 2 rings (SSSR count). The summed E-state index contributed by atoms with van der Waals surface area (Å²) in [5, 5.41) is 10.6. The van der Waals surface area contributed by atoms with E-state index in [0.717, 1.165) is 12.2 Å². The minimum Gasteiger partial charge on any atom is -0.368 e. The molecule has 0 aliphatic carbocycles. The Bertz CT molecular complexity index is 400. The lowest BCUT2D eigenvalue weighted by Crippen LogP contribution is -2.33. The molecule has 0 spiro atoms. The maximum atomic E-state index is 10.6. The summed E-state index contributed by atoms with van der Waals surface area (Å²) in [6.45, 7) is 5.52. The number of nitro benzene ring substituents is 1. The predicted octanol–water partition coefficient (Wildman–Crippen LogP) is 3.22. The van der Waals surface area contributed by atoms with Gasteiger partial charge in [-0.3, -0.25) is 10.1 Å². The molecule has 1 aromatic rings. The highest BCUT2D eigenvalue weighted by Gasteiger charge is 2.27. The summed E-state index contributed by atoms with van der Waals surface area (Å²) in [6, 6.07) is 7.46. The zero-order valence-electron chi connectivity index (χ0n) is 10.3. The zero-order chi connectivity index (χ0) is 12.4. The molecule has 0 bridgehead atoms. The smallest absolute Gasteiger partial charge is 0.269 e. The third kappa shape index (κ3) is 2.40. The van der Waals surface area contributed by atoms with Crippen LogP contribution < -0.4 is 4.90 Å². The Morgan fingerprint density at radius 1 is 1.35 bits per heavy atom. The van der Waals surface area contributed by atoms with Crippen molar-refractivity contribution in [1.82, 2.24) is 0 Å². The standard InChI is InChI=1S/C13H18N2O2/c1-10(2)13-4-3-9-14(13)11-5-7-12(8-6-11)15(16)17/h5-8,10,13H,3-4,9H2,1-2H3. The summed E-state index contributed by atoms with van der Waals surface area (Å²) in [6.07, 6.45) is 2.43. The van der Waals surface area contributed by atoms with Gasteiger partial charge in [0.1, 0.15) is 0 Å². The number of anilines is 1. The number of rotatable bonds is 3. The summed E-state index contributed by atoms with van der Waals surface area (Å²) in [5.41, 5.74) is 1.26. The topological polar surface area (TPSA) is 46.4 Å². The minimum atomic E-state index is -0.353. The normalized spacial score (nSPS) is 19.9. The molecule has 0 radical (unpaired) electrons. The van der Waals surface area contributed by atoms with Crippen LogP contribution >= 0.6 is 0 Å². The lowest BCUT2D eigenvalue weighted by Gasteiger charge is -2.29. The van der Waals surface area contributed by atoms with Gasteiger partial charge in [0, 0.05) is 30.4 Å². The van der Waals surface area contributed by atoms with Crippen molar-refractivity contribution in [2.45, 2.75) is 32.7 Å². The van der Waals surface area contributed by atoms with Crippen LogP contribution in [0.1, 0.15) is 26.7 Å². The monoisotopic (exact) mass is 234 g/mol. The quantitative estimate of drug-likeness (QED) is 0.596. The molecular weight excluding hydrogens is 216 g/mol. The molecule has 92 valence electrons. The van der Waals surface area contributed by atoms with Gasteiger partial charge in [-0.15, -0.1) is 0 Å². The summed E-state index contributed by atoms with van der Waals surface area (Å²) in [5.74, 6) is 0.618. The van der Waals surface area contributed by atoms with Crippen LogP contribution in [-0.2, 0) is 0 Å². The lowest BCUT2D eigenvalue weighted by atomic mass is 10.0. The highest BCUT2D eigenvalue weighted by Crippen LogP contribution is 2.30. The van der Waals surface area contributed by atoms with Gasteiger partial charge in [-0.2, -0.15) is 0 Å². The molecule has 4 nitrogen and oxygen atoms in total. The largest absolute Gasteiger partial charge is 0.368 e. The number of nitrogens with zero attached hydrogens (tertiary/aromatic N) is 2. The molecule has 0 amide bonds. The summed E-state index contributed by atoms with van der Waals surface area (Å²) in [4.78, 5) is 12.6. The molecule has 1 aromatic carbocycles. The van der Waals surface area contributed by atoms with Gasteiger partial charge in [-0.05, 0) is 30.9 Å². The second-order valence-corrected chi connectivity index (χ2v) is 4.92. The molecule has 1 saturated heterocycles. The van der Waals surface area contributed by atoms with E-state index in [-0.39, 0.29) is 10.6 Å². The molecule has 0 N–H and O–H groups in total. The highest BCUT2D eigenvalue weighted by molar-refractivity contribution is 5.52. The van der Waals surface area contributed by atoms with E-state index >= 15 is 0 Å². The molecule has 1 heterocycles. The van der Waals surface area contributed by atoms with Gasteiger partial charge in [-0.1, -0.05) is 13.8 Å². The second-order valence-electron chi connectivity index (χ2n) is 4.92. The fourth-order valence-electron chi connectivity index (χ4n) is 2.57. The highest BCUT2D eigenvalue weighted by atomic mass is 16.6. The SMILES string of the molecule is CC(C)C1CCCN1c1ccc([N+](=O)[O-])cc1. The fourth-order valence-corrected chi connectivity index (χ4v) is 2.57. The van der Waals surface area contributed by atoms with Crippen LogP contribution in [0.15, 0.2) is 24.3 Å². The molecule has 0 aromatic heterocycles. The molecule has 17 heavy (non-hydrogen) atoms. The predicted molar refractivity (Wildman–Crippen MR) is 68.3 cm³/mol. The van der Waals surface area contributed by atoms with Gasteiger partial charge in [-0.25, -0.2) is 0 Å². The van der Waals surface area contributed by atoms with E-state index in [4.69, 9.17) is 0 Å². The fraction of sp³-hybridized carbons (Fsp3) is 0.538. The van der Waals surface area contributed by atoms with Gasteiger partial charge >= 0.3 is 0 Å². The Morgan fingerprint density at radius 3 is 2.53 bits per heavy atom. The maximum absolute atomic E-state index is 10.6. The van der Waals surface area contributed by atoms with Gasteiger partial charge in [0.25, 0.3) is 5.69 Å². The Morgan fingerprint density at radius 2 is 2.00 bits per heavy atom. The number of non-ortho nitro benzene ring substituents is 1. The molecule has 1 fully saturated rings. The molecule has 1 unspecified atom stereocenters. The number of hydrogen-bond acceptors (Lipinski definition) is 3. The van der Waals surface area contributed by atoms with E-state index in [9.17, 15) is 10.1 Å². The van der Waals surface area contributed by atoms with Crippen LogP contribution in [0, 0.1) is 16.0 Å². The Hall–Kier alpha value is -1.58. The van der Waals surface area contributed by atoms with Crippen molar-refractivity contribution in [3.05, 3.63) is 34.4 Å². The number of benzene rings is 1. The molecule has 1 aliphatic heterocycles. The first-order valence-corrected chi connectivity index (χ1v) is 6.10. The van der Waals surface area contributed by atoms with Crippen molar-refractivity contribution >= 4 is 11.4 Å². The minimum absolute atomic E-state index is 0.161. The van der Waals surface area contributed by atoms with Crippen LogP contribution in [0.2, 0.25) is 0 Å². The first-order valence-electron chi connectivity index (χ1n) is 6.10. The Kier molecular flexibility index (Phi) is 3.31. The van der Waals surface area contributed by atoms with E-state index in [2.05, 4.69) is 18.7 Å². The summed E-state index contributed by atoms with van der Waals surface area (Å²) < 4.78 is 0. The van der Waals surface area contributed by atoms with Gasteiger partial charge in [0.2, 0.25) is 0 Å². The summed E-state index contributed by atoms with van der Waals surface area (Å²) >= 11 is 0. The van der Waals surface area contributed by atoms with E-state index in [1.54, 1.807) is 12.1 Å². The number of hydrogen-bond donors (Lipinski definition) is 0.